The highest BCUT2D eigenvalue weighted by molar-refractivity contribution is 6.05. The smallest absolute Gasteiger partial charge is 0.275 e. The fourth-order valence-corrected chi connectivity index (χ4v) is 2.03. The van der Waals surface area contributed by atoms with E-state index in [1.807, 2.05) is 0 Å². The number of hydrogen-bond donors (Lipinski definition) is 1. The van der Waals surface area contributed by atoms with Gasteiger partial charge in [0.1, 0.15) is 16.9 Å². The highest BCUT2D eigenvalue weighted by Crippen LogP contribution is 2.25. The molecule has 4 nitrogen and oxygen atoms in total. The Balaban J connectivity index is 2.77. The van der Waals surface area contributed by atoms with E-state index in [1.165, 1.54) is 12.4 Å². The van der Waals surface area contributed by atoms with Crippen molar-refractivity contribution in [2.45, 2.75) is 0 Å². The molecule has 0 aliphatic rings. The summed E-state index contributed by atoms with van der Waals surface area (Å²) < 4.78 is 15.3. The lowest BCUT2D eigenvalue weighted by atomic mass is 10.2. The maximum absolute atomic E-state index is 13.7. The van der Waals surface area contributed by atoms with Gasteiger partial charge in [-0.25, -0.2) is 9.37 Å². The Labute approximate surface area is 89.3 Å². The van der Waals surface area contributed by atoms with Crippen molar-refractivity contribution < 1.29 is 4.39 Å². The first kappa shape index (κ1) is 9.08. The van der Waals surface area contributed by atoms with Crippen molar-refractivity contribution in [2.75, 3.05) is 0 Å². The molecule has 0 bridgehead atoms. The van der Waals surface area contributed by atoms with Crippen molar-refractivity contribution in [2.24, 2.45) is 7.05 Å². The summed E-state index contributed by atoms with van der Waals surface area (Å²) in [6, 6.07) is 4.74. The number of nitrogens with one attached hydrogen (secondary N) is 1. The highest BCUT2D eigenvalue weighted by Gasteiger charge is 2.14. The lowest BCUT2D eigenvalue weighted by molar-refractivity contribution is 0.640. The van der Waals surface area contributed by atoms with Crippen molar-refractivity contribution in [1.29, 1.82) is 0 Å². The number of halogens is 1. The minimum Gasteiger partial charge on any atom is -0.338 e. The summed E-state index contributed by atoms with van der Waals surface area (Å²) in [7, 11) is 1.72. The molecule has 0 spiro atoms. The number of aryl methyl sites for hydroxylation is 1. The van der Waals surface area contributed by atoms with E-state index < -0.39 is 0 Å². The SMILES string of the molecule is Cn1c2cccc(F)c2c2nc[nH]c(=O)c21. The standard InChI is InChI=1S/C11H8FN3O/c1-15-7-4-2-3-6(12)8(7)9-10(15)11(16)14-5-13-9/h2-5H,1H3,(H,13,14,16). The quantitative estimate of drug-likeness (QED) is 0.621. The number of H-pyrrole nitrogens is 1. The molecule has 3 rings (SSSR count). The fraction of sp³-hybridized carbons (Fsp3) is 0.0909. The van der Waals surface area contributed by atoms with Crippen LogP contribution in [0.4, 0.5) is 4.39 Å². The molecular weight excluding hydrogens is 209 g/mol. The van der Waals surface area contributed by atoms with Crippen LogP contribution in [0.1, 0.15) is 0 Å². The zero-order chi connectivity index (χ0) is 11.3. The number of rotatable bonds is 0. The average Bonchev–Trinajstić information content (AvgIpc) is 2.56. The Bertz CT molecular complexity index is 757. The molecule has 80 valence electrons. The van der Waals surface area contributed by atoms with Crippen molar-refractivity contribution in [3.05, 3.63) is 40.7 Å². The molecule has 1 N–H and O–H groups in total. The normalized spacial score (nSPS) is 11.4. The minimum atomic E-state index is -0.360. The average molecular weight is 217 g/mol. The molecular formula is C11H8FN3O. The first-order chi connectivity index (χ1) is 7.70. The van der Waals surface area contributed by atoms with Crippen LogP contribution in [0.15, 0.2) is 29.3 Å². The van der Waals surface area contributed by atoms with Gasteiger partial charge in [-0.2, -0.15) is 0 Å². The van der Waals surface area contributed by atoms with Crippen LogP contribution in [-0.4, -0.2) is 14.5 Å². The van der Waals surface area contributed by atoms with Gasteiger partial charge in [-0.05, 0) is 12.1 Å². The summed E-state index contributed by atoms with van der Waals surface area (Å²) in [5.41, 5.74) is 1.20. The van der Waals surface area contributed by atoms with Gasteiger partial charge in [-0.3, -0.25) is 4.79 Å². The first-order valence-electron chi connectivity index (χ1n) is 4.80. The third-order valence-corrected chi connectivity index (χ3v) is 2.75. The molecule has 0 fully saturated rings. The number of hydrogen-bond acceptors (Lipinski definition) is 2. The number of fused-ring (bicyclic) bond motifs is 3. The molecule has 0 saturated carbocycles. The molecule has 3 aromatic rings. The van der Waals surface area contributed by atoms with Crippen LogP contribution in [0, 0.1) is 5.82 Å². The molecule has 1 aromatic carbocycles. The first-order valence-corrected chi connectivity index (χ1v) is 4.80. The van der Waals surface area contributed by atoms with Gasteiger partial charge >= 0.3 is 0 Å². The van der Waals surface area contributed by atoms with E-state index >= 15 is 0 Å². The van der Waals surface area contributed by atoms with Gasteiger partial charge in [0, 0.05) is 7.05 Å². The molecule has 0 aliphatic carbocycles. The van der Waals surface area contributed by atoms with Crippen LogP contribution < -0.4 is 5.56 Å². The van der Waals surface area contributed by atoms with E-state index in [0.717, 1.165) is 0 Å². The summed E-state index contributed by atoms with van der Waals surface area (Å²) >= 11 is 0. The van der Waals surface area contributed by atoms with Crippen molar-refractivity contribution in [3.63, 3.8) is 0 Å². The van der Waals surface area contributed by atoms with Crippen LogP contribution in [0.25, 0.3) is 21.9 Å². The Morgan fingerprint density at radius 1 is 1.44 bits per heavy atom. The molecule has 0 unspecified atom stereocenters. The molecule has 16 heavy (non-hydrogen) atoms. The Kier molecular flexibility index (Phi) is 1.65. The lowest BCUT2D eigenvalue weighted by Crippen LogP contribution is -2.09. The molecule has 0 aliphatic heterocycles. The van der Waals surface area contributed by atoms with Gasteiger partial charge in [0.05, 0.1) is 17.2 Å². The van der Waals surface area contributed by atoms with Crippen LogP contribution in [0.2, 0.25) is 0 Å². The Hall–Kier alpha value is -2.17. The largest absolute Gasteiger partial charge is 0.338 e. The number of aromatic nitrogens is 3. The fourth-order valence-electron chi connectivity index (χ4n) is 2.03. The molecule has 2 heterocycles. The second-order valence-electron chi connectivity index (χ2n) is 3.62. The van der Waals surface area contributed by atoms with E-state index in [4.69, 9.17) is 0 Å². The van der Waals surface area contributed by atoms with E-state index in [1.54, 1.807) is 23.7 Å². The van der Waals surface area contributed by atoms with Gasteiger partial charge in [0.25, 0.3) is 5.56 Å². The molecule has 0 amide bonds. The number of benzene rings is 1. The maximum Gasteiger partial charge on any atom is 0.275 e. The van der Waals surface area contributed by atoms with Gasteiger partial charge in [-0.15, -0.1) is 0 Å². The molecule has 0 saturated heterocycles. The van der Waals surface area contributed by atoms with Crippen LogP contribution in [0.3, 0.4) is 0 Å². The summed E-state index contributed by atoms with van der Waals surface area (Å²) in [6.07, 6.45) is 1.29. The second kappa shape index (κ2) is 2.91. The Morgan fingerprint density at radius 3 is 3.06 bits per heavy atom. The van der Waals surface area contributed by atoms with Gasteiger partial charge in [-0.1, -0.05) is 6.07 Å². The maximum atomic E-state index is 13.7. The predicted molar refractivity (Wildman–Crippen MR) is 58.8 cm³/mol. The Morgan fingerprint density at radius 2 is 2.25 bits per heavy atom. The summed E-state index contributed by atoms with van der Waals surface area (Å²) in [5, 5.41) is 0.395. The predicted octanol–water partition coefficient (Wildman–Crippen LogP) is 1.55. The third kappa shape index (κ3) is 0.970. The van der Waals surface area contributed by atoms with E-state index in [0.29, 0.717) is 21.9 Å². The summed E-state index contributed by atoms with van der Waals surface area (Å²) in [6.45, 7) is 0. The van der Waals surface area contributed by atoms with Crippen LogP contribution >= 0.6 is 0 Å². The van der Waals surface area contributed by atoms with Gasteiger partial charge in [0.2, 0.25) is 0 Å². The van der Waals surface area contributed by atoms with Crippen molar-refractivity contribution >= 4 is 21.9 Å². The number of nitrogens with zero attached hydrogens (tertiary/aromatic N) is 2. The van der Waals surface area contributed by atoms with E-state index in [2.05, 4.69) is 9.97 Å². The monoisotopic (exact) mass is 217 g/mol. The molecule has 2 aromatic heterocycles. The summed E-state index contributed by atoms with van der Waals surface area (Å²) in [5.74, 6) is -0.360. The second-order valence-corrected chi connectivity index (χ2v) is 3.62. The highest BCUT2D eigenvalue weighted by atomic mass is 19.1. The number of aromatic amines is 1. The summed E-state index contributed by atoms with van der Waals surface area (Å²) in [4.78, 5) is 18.2. The zero-order valence-electron chi connectivity index (χ0n) is 8.49. The van der Waals surface area contributed by atoms with Gasteiger partial charge in [0.15, 0.2) is 0 Å². The molecule has 0 atom stereocenters. The van der Waals surface area contributed by atoms with E-state index in [9.17, 15) is 9.18 Å². The lowest BCUT2D eigenvalue weighted by Gasteiger charge is -1.95. The van der Waals surface area contributed by atoms with Crippen LogP contribution in [0.5, 0.6) is 0 Å². The molecule has 5 heteroatoms. The zero-order valence-corrected chi connectivity index (χ0v) is 8.49. The third-order valence-electron chi connectivity index (χ3n) is 2.75. The van der Waals surface area contributed by atoms with Crippen molar-refractivity contribution in [3.8, 4) is 0 Å². The van der Waals surface area contributed by atoms with E-state index in [-0.39, 0.29) is 11.4 Å². The van der Waals surface area contributed by atoms with Crippen LogP contribution in [-0.2, 0) is 7.05 Å². The minimum absolute atomic E-state index is 0.261. The van der Waals surface area contributed by atoms with Crippen molar-refractivity contribution in [1.82, 2.24) is 14.5 Å². The van der Waals surface area contributed by atoms with Gasteiger partial charge < -0.3 is 9.55 Å². The topological polar surface area (TPSA) is 50.7 Å². The molecule has 0 radical (unpaired) electrons.